The van der Waals surface area contributed by atoms with E-state index in [4.69, 9.17) is 9.47 Å². The Labute approximate surface area is 123 Å². The second-order valence-corrected chi connectivity index (χ2v) is 4.94. The summed E-state index contributed by atoms with van der Waals surface area (Å²) >= 11 is 0. The normalized spacial score (nSPS) is 17.7. The molecular weight excluding hydrogens is 274 g/mol. The van der Waals surface area contributed by atoms with Crippen molar-refractivity contribution in [1.82, 2.24) is 9.78 Å². The molecule has 0 bridgehead atoms. The number of carbonyl (C=O) groups excluding carboxylic acids is 2. The molecule has 1 atom stereocenters. The first-order valence-corrected chi connectivity index (χ1v) is 7.27. The van der Waals surface area contributed by atoms with Gasteiger partial charge in [0.1, 0.15) is 0 Å². The Kier molecular flexibility index (Phi) is 5.74. The average Bonchev–Trinajstić information content (AvgIpc) is 3.10. The summed E-state index contributed by atoms with van der Waals surface area (Å²) in [5, 5.41) is 6.90. The maximum Gasteiger partial charge on any atom is 0.306 e. The smallest absolute Gasteiger partial charge is 0.306 e. The molecule has 7 nitrogen and oxygen atoms in total. The van der Waals surface area contributed by atoms with Crippen LogP contribution in [-0.4, -0.2) is 41.0 Å². The van der Waals surface area contributed by atoms with Crippen LogP contribution in [0, 0.1) is 0 Å². The van der Waals surface area contributed by atoms with Gasteiger partial charge in [-0.25, -0.2) is 0 Å². The minimum absolute atomic E-state index is 0.0870. The number of amides is 1. The molecule has 7 heteroatoms. The van der Waals surface area contributed by atoms with E-state index in [0.717, 1.165) is 19.4 Å². The molecule has 1 unspecified atom stereocenters. The highest BCUT2D eigenvalue weighted by Gasteiger charge is 2.16. The van der Waals surface area contributed by atoms with Crippen molar-refractivity contribution in [1.29, 1.82) is 0 Å². The van der Waals surface area contributed by atoms with Crippen LogP contribution in [-0.2, 0) is 25.6 Å². The summed E-state index contributed by atoms with van der Waals surface area (Å²) in [6.45, 7) is 3.57. The molecule has 1 N–H and O–H groups in total. The van der Waals surface area contributed by atoms with E-state index >= 15 is 0 Å². The molecule has 1 aliphatic rings. The van der Waals surface area contributed by atoms with Crippen molar-refractivity contribution in [3.8, 4) is 0 Å². The van der Waals surface area contributed by atoms with Crippen LogP contribution in [0.1, 0.15) is 32.6 Å². The lowest BCUT2D eigenvalue weighted by atomic mass is 10.2. The number of aromatic nitrogens is 2. The van der Waals surface area contributed by atoms with Crippen LogP contribution in [0.4, 0.5) is 5.69 Å². The highest BCUT2D eigenvalue weighted by molar-refractivity contribution is 5.92. The first kappa shape index (κ1) is 15.5. The SMILES string of the molecule is CCOC(=O)CCC(=O)Nc1cnn(CC2CCCO2)c1. The van der Waals surface area contributed by atoms with Gasteiger partial charge in [0.15, 0.2) is 0 Å². The van der Waals surface area contributed by atoms with Crippen LogP contribution >= 0.6 is 0 Å². The van der Waals surface area contributed by atoms with Crippen molar-refractivity contribution in [3.05, 3.63) is 12.4 Å². The monoisotopic (exact) mass is 295 g/mol. The molecule has 1 amide bonds. The predicted octanol–water partition coefficient (Wildman–Crippen LogP) is 1.34. The van der Waals surface area contributed by atoms with Gasteiger partial charge in [-0.2, -0.15) is 5.10 Å². The lowest BCUT2D eigenvalue weighted by Gasteiger charge is -2.08. The fraction of sp³-hybridized carbons (Fsp3) is 0.643. The summed E-state index contributed by atoms with van der Waals surface area (Å²) in [6.07, 6.45) is 5.89. The van der Waals surface area contributed by atoms with Crippen LogP contribution in [0.5, 0.6) is 0 Å². The molecule has 2 heterocycles. The molecule has 0 radical (unpaired) electrons. The third-order valence-electron chi connectivity index (χ3n) is 3.19. The van der Waals surface area contributed by atoms with E-state index in [-0.39, 0.29) is 30.8 Å². The fourth-order valence-corrected chi connectivity index (χ4v) is 2.20. The van der Waals surface area contributed by atoms with Crippen LogP contribution in [0.15, 0.2) is 12.4 Å². The minimum Gasteiger partial charge on any atom is -0.466 e. The van der Waals surface area contributed by atoms with Crippen molar-refractivity contribution in [2.75, 3.05) is 18.5 Å². The van der Waals surface area contributed by atoms with Crippen LogP contribution < -0.4 is 5.32 Å². The highest BCUT2D eigenvalue weighted by Crippen LogP contribution is 2.15. The van der Waals surface area contributed by atoms with E-state index in [9.17, 15) is 9.59 Å². The zero-order valence-corrected chi connectivity index (χ0v) is 12.2. The van der Waals surface area contributed by atoms with Crippen molar-refractivity contribution < 1.29 is 19.1 Å². The molecule has 0 saturated carbocycles. The average molecular weight is 295 g/mol. The maximum absolute atomic E-state index is 11.7. The summed E-state index contributed by atoms with van der Waals surface area (Å²) in [4.78, 5) is 22.9. The summed E-state index contributed by atoms with van der Waals surface area (Å²) < 4.78 is 12.1. The Balaban J connectivity index is 1.73. The molecular formula is C14H21N3O4. The second-order valence-electron chi connectivity index (χ2n) is 4.94. The van der Waals surface area contributed by atoms with Crippen LogP contribution in [0.25, 0.3) is 0 Å². The number of hydrogen-bond acceptors (Lipinski definition) is 5. The summed E-state index contributed by atoms with van der Waals surface area (Å²) in [7, 11) is 0. The Hall–Kier alpha value is -1.89. The van der Waals surface area contributed by atoms with E-state index in [2.05, 4.69) is 10.4 Å². The van der Waals surface area contributed by atoms with Crippen molar-refractivity contribution in [2.45, 2.75) is 45.3 Å². The standard InChI is InChI=1S/C14H21N3O4/c1-2-20-14(19)6-5-13(18)16-11-8-15-17(9-11)10-12-4-3-7-21-12/h8-9,12H,2-7,10H2,1H3,(H,16,18). The summed E-state index contributed by atoms with van der Waals surface area (Å²) in [6, 6.07) is 0. The molecule has 2 rings (SSSR count). The number of nitrogens with zero attached hydrogens (tertiary/aromatic N) is 2. The van der Waals surface area contributed by atoms with Crippen molar-refractivity contribution in [3.63, 3.8) is 0 Å². The van der Waals surface area contributed by atoms with Gasteiger partial charge in [-0.1, -0.05) is 0 Å². The molecule has 1 saturated heterocycles. The van der Waals surface area contributed by atoms with Gasteiger partial charge >= 0.3 is 5.97 Å². The molecule has 1 aromatic heterocycles. The third-order valence-corrected chi connectivity index (χ3v) is 3.19. The Morgan fingerprint density at radius 3 is 3.10 bits per heavy atom. The number of nitrogens with one attached hydrogen (secondary N) is 1. The highest BCUT2D eigenvalue weighted by atomic mass is 16.5. The van der Waals surface area contributed by atoms with E-state index in [1.807, 2.05) is 0 Å². The Bertz CT molecular complexity index is 480. The lowest BCUT2D eigenvalue weighted by molar-refractivity contribution is -0.144. The summed E-state index contributed by atoms with van der Waals surface area (Å²) in [5.41, 5.74) is 0.627. The van der Waals surface area contributed by atoms with E-state index in [0.29, 0.717) is 18.8 Å². The zero-order chi connectivity index (χ0) is 15.1. The molecule has 21 heavy (non-hydrogen) atoms. The van der Waals surface area contributed by atoms with Gasteiger partial charge in [0, 0.05) is 19.2 Å². The number of carbonyl (C=O) groups is 2. The molecule has 116 valence electrons. The van der Waals surface area contributed by atoms with E-state index < -0.39 is 0 Å². The second kappa shape index (κ2) is 7.78. The first-order chi connectivity index (χ1) is 10.2. The van der Waals surface area contributed by atoms with Gasteiger partial charge < -0.3 is 14.8 Å². The minimum atomic E-state index is -0.360. The fourth-order valence-electron chi connectivity index (χ4n) is 2.20. The third kappa shape index (κ3) is 5.18. The number of anilines is 1. The first-order valence-electron chi connectivity index (χ1n) is 7.27. The van der Waals surface area contributed by atoms with Gasteiger partial charge in [0.05, 0.1) is 37.6 Å². The van der Waals surface area contributed by atoms with Crippen LogP contribution in [0.3, 0.4) is 0 Å². The Morgan fingerprint density at radius 1 is 1.52 bits per heavy atom. The van der Waals surface area contributed by atoms with Gasteiger partial charge in [0.2, 0.25) is 5.91 Å². The largest absolute Gasteiger partial charge is 0.466 e. The quantitative estimate of drug-likeness (QED) is 0.768. The van der Waals surface area contributed by atoms with Gasteiger partial charge in [0.25, 0.3) is 0 Å². The zero-order valence-electron chi connectivity index (χ0n) is 12.2. The molecule has 1 aromatic rings. The van der Waals surface area contributed by atoms with Crippen molar-refractivity contribution >= 4 is 17.6 Å². The molecule has 0 spiro atoms. The molecule has 0 aliphatic carbocycles. The molecule has 1 aliphatic heterocycles. The van der Waals surface area contributed by atoms with Gasteiger partial charge in [-0.05, 0) is 19.8 Å². The van der Waals surface area contributed by atoms with Crippen molar-refractivity contribution in [2.24, 2.45) is 0 Å². The van der Waals surface area contributed by atoms with Gasteiger partial charge in [-0.3, -0.25) is 14.3 Å². The van der Waals surface area contributed by atoms with E-state index in [1.165, 1.54) is 0 Å². The Morgan fingerprint density at radius 2 is 2.38 bits per heavy atom. The number of rotatable bonds is 7. The molecule has 1 fully saturated rings. The number of hydrogen-bond donors (Lipinski definition) is 1. The molecule has 0 aromatic carbocycles. The van der Waals surface area contributed by atoms with Gasteiger partial charge in [-0.15, -0.1) is 0 Å². The van der Waals surface area contributed by atoms with E-state index in [1.54, 1.807) is 24.0 Å². The number of ether oxygens (including phenoxy) is 2. The van der Waals surface area contributed by atoms with Crippen LogP contribution in [0.2, 0.25) is 0 Å². The predicted molar refractivity (Wildman–Crippen MR) is 75.7 cm³/mol. The summed E-state index contributed by atoms with van der Waals surface area (Å²) in [5.74, 6) is -0.582. The number of esters is 1. The lowest BCUT2D eigenvalue weighted by Crippen LogP contribution is -2.15. The maximum atomic E-state index is 11.7. The topological polar surface area (TPSA) is 82.5 Å².